The van der Waals surface area contributed by atoms with E-state index in [1.54, 1.807) is 0 Å². The minimum Gasteiger partial charge on any atom is -0.382 e. The molecule has 0 aliphatic rings. The molecule has 0 saturated carbocycles. The van der Waals surface area contributed by atoms with Crippen molar-refractivity contribution in [2.75, 3.05) is 12.0 Å². The molecular weight excluding hydrogens is 136 g/mol. The van der Waals surface area contributed by atoms with Crippen molar-refractivity contribution in [2.24, 2.45) is 0 Å². The highest BCUT2D eigenvalue weighted by Crippen LogP contribution is 2.05. The van der Waals surface area contributed by atoms with Crippen LogP contribution >= 0.6 is 11.8 Å². The van der Waals surface area contributed by atoms with E-state index in [4.69, 9.17) is 5.73 Å². The van der Waals surface area contributed by atoms with E-state index in [1.165, 1.54) is 18.0 Å². The quantitative estimate of drug-likeness (QED) is 0.566. The number of anilines is 1. The first-order valence-electron chi connectivity index (χ1n) is 2.32. The SMILES string of the molecule is CSc1nncc(N)n1. The lowest BCUT2D eigenvalue weighted by Crippen LogP contribution is -1.95. The van der Waals surface area contributed by atoms with Crippen LogP contribution < -0.4 is 5.73 Å². The maximum Gasteiger partial charge on any atom is 0.210 e. The third-order valence-electron chi connectivity index (χ3n) is 0.741. The predicted molar refractivity (Wildman–Crippen MR) is 36.0 cm³/mol. The van der Waals surface area contributed by atoms with Crippen molar-refractivity contribution >= 4 is 17.6 Å². The Morgan fingerprint density at radius 3 is 2.89 bits per heavy atom. The Hall–Kier alpha value is -0.840. The fraction of sp³-hybridized carbons (Fsp3) is 0.250. The summed E-state index contributed by atoms with van der Waals surface area (Å²) < 4.78 is 0. The second-order valence-corrected chi connectivity index (χ2v) is 2.14. The summed E-state index contributed by atoms with van der Waals surface area (Å²) >= 11 is 1.42. The fourth-order valence-corrected chi connectivity index (χ4v) is 0.711. The summed E-state index contributed by atoms with van der Waals surface area (Å²) in [5.41, 5.74) is 5.31. The molecule has 0 amide bonds. The Kier molecular flexibility index (Phi) is 1.84. The number of nitrogens with two attached hydrogens (primary N) is 1. The third kappa shape index (κ3) is 1.53. The molecule has 48 valence electrons. The molecule has 0 fully saturated rings. The van der Waals surface area contributed by atoms with E-state index in [2.05, 4.69) is 15.2 Å². The molecule has 0 spiro atoms. The fourth-order valence-electron chi connectivity index (χ4n) is 0.386. The molecular formula is C4H6N4S. The van der Waals surface area contributed by atoms with Crippen LogP contribution in [0.25, 0.3) is 0 Å². The first kappa shape index (κ1) is 6.28. The minimum atomic E-state index is 0.411. The van der Waals surface area contributed by atoms with Gasteiger partial charge in [-0.2, -0.15) is 5.10 Å². The number of aromatic nitrogens is 3. The average molecular weight is 142 g/mol. The number of rotatable bonds is 1. The average Bonchev–Trinajstić information content (AvgIpc) is 1.88. The van der Waals surface area contributed by atoms with Crippen molar-refractivity contribution in [3.05, 3.63) is 6.20 Å². The van der Waals surface area contributed by atoms with Crippen molar-refractivity contribution in [3.8, 4) is 0 Å². The van der Waals surface area contributed by atoms with Gasteiger partial charge in [0.25, 0.3) is 0 Å². The van der Waals surface area contributed by atoms with E-state index in [1.807, 2.05) is 6.26 Å². The van der Waals surface area contributed by atoms with Crippen molar-refractivity contribution in [1.82, 2.24) is 15.2 Å². The second kappa shape index (κ2) is 2.63. The standard InChI is InChI=1S/C4H6N4S/c1-9-4-7-3(5)2-6-8-4/h2H,1H3,(H2,5,7,8). The highest BCUT2D eigenvalue weighted by molar-refractivity contribution is 7.98. The van der Waals surface area contributed by atoms with Crippen LogP contribution in [0.4, 0.5) is 5.82 Å². The Labute approximate surface area is 56.9 Å². The largest absolute Gasteiger partial charge is 0.382 e. The molecule has 0 saturated heterocycles. The number of thioether (sulfide) groups is 1. The van der Waals surface area contributed by atoms with Crippen LogP contribution in [0.1, 0.15) is 0 Å². The lowest BCUT2D eigenvalue weighted by Gasteiger charge is -1.91. The van der Waals surface area contributed by atoms with Gasteiger partial charge in [-0.15, -0.1) is 5.10 Å². The first-order valence-corrected chi connectivity index (χ1v) is 3.54. The molecule has 0 radical (unpaired) electrons. The molecule has 0 aliphatic carbocycles. The van der Waals surface area contributed by atoms with Crippen LogP contribution in [0, 0.1) is 0 Å². The van der Waals surface area contributed by atoms with Gasteiger partial charge < -0.3 is 5.73 Å². The van der Waals surface area contributed by atoms with Crippen LogP contribution in [0.2, 0.25) is 0 Å². The summed E-state index contributed by atoms with van der Waals surface area (Å²) in [6, 6.07) is 0. The Bertz CT molecular complexity index is 202. The molecule has 9 heavy (non-hydrogen) atoms. The minimum absolute atomic E-state index is 0.411. The lowest BCUT2D eigenvalue weighted by atomic mass is 10.8. The zero-order valence-electron chi connectivity index (χ0n) is 4.90. The Morgan fingerprint density at radius 2 is 2.44 bits per heavy atom. The molecule has 0 bridgehead atoms. The third-order valence-corrected chi connectivity index (χ3v) is 1.28. The van der Waals surface area contributed by atoms with Gasteiger partial charge in [0, 0.05) is 0 Å². The van der Waals surface area contributed by atoms with Gasteiger partial charge in [-0.05, 0) is 6.26 Å². The highest BCUT2D eigenvalue weighted by Gasteiger charge is 1.91. The first-order chi connectivity index (χ1) is 4.33. The van der Waals surface area contributed by atoms with Gasteiger partial charge in [0.1, 0.15) is 5.82 Å². The van der Waals surface area contributed by atoms with E-state index in [0.29, 0.717) is 11.0 Å². The van der Waals surface area contributed by atoms with Gasteiger partial charge >= 0.3 is 0 Å². The van der Waals surface area contributed by atoms with E-state index < -0.39 is 0 Å². The summed E-state index contributed by atoms with van der Waals surface area (Å²) in [6.07, 6.45) is 3.29. The van der Waals surface area contributed by atoms with Crippen molar-refractivity contribution in [2.45, 2.75) is 5.16 Å². The van der Waals surface area contributed by atoms with Crippen molar-refractivity contribution < 1.29 is 0 Å². The van der Waals surface area contributed by atoms with Crippen LogP contribution in [0.3, 0.4) is 0 Å². The van der Waals surface area contributed by atoms with Gasteiger partial charge in [-0.25, -0.2) is 4.98 Å². The number of nitrogen functional groups attached to an aromatic ring is 1. The number of hydrogen-bond acceptors (Lipinski definition) is 5. The second-order valence-electron chi connectivity index (χ2n) is 1.37. The monoisotopic (exact) mass is 142 g/mol. The van der Waals surface area contributed by atoms with Crippen LogP contribution in [-0.4, -0.2) is 21.4 Å². The summed E-state index contributed by atoms with van der Waals surface area (Å²) in [6.45, 7) is 0. The van der Waals surface area contributed by atoms with Crippen LogP contribution in [-0.2, 0) is 0 Å². The zero-order chi connectivity index (χ0) is 6.69. The van der Waals surface area contributed by atoms with Crippen LogP contribution in [0.15, 0.2) is 11.4 Å². The maximum atomic E-state index is 5.31. The predicted octanol–water partition coefficient (Wildman–Crippen LogP) is 0.176. The molecule has 5 heteroatoms. The van der Waals surface area contributed by atoms with E-state index >= 15 is 0 Å². The zero-order valence-corrected chi connectivity index (χ0v) is 5.72. The lowest BCUT2D eigenvalue weighted by molar-refractivity contribution is 0.848. The van der Waals surface area contributed by atoms with Crippen molar-refractivity contribution in [3.63, 3.8) is 0 Å². The summed E-state index contributed by atoms with van der Waals surface area (Å²) in [5.74, 6) is 0.411. The van der Waals surface area contributed by atoms with Gasteiger partial charge in [-0.1, -0.05) is 11.8 Å². The highest BCUT2D eigenvalue weighted by atomic mass is 32.2. The van der Waals surface area contributed by atoms with E-state index in [0.717, 1.165) is 0 Å². The van der Waals surface area contributed by atoms with Gasteiger partial charge in [-0.3, -0.25) is 0 Å². The van der Waals surface area contributed by atoms with Crippen molar-refractivity contribution in [1.29, 1.82) is 0 Å². The Balaban J connectivity index is 2.94. The molecule has 1 heterocycles. The molecule has 1 aromatic heterocycles. The number of nitrogens with zero attached hydrogens (tertiary/aromatic N) is 3. The molecule has 1 aromatic rings. The normalized spacial score (nSPS) is 9.44. The molecule has 0 aliphatic heterocycles. The summed E-state index contributed by atoms with van der Waals surface area (Å²) in [7, 11) is 0. The molecule has 0 aromatic carbocycles. The number of hydrogen-bond donors (Lipinski definition) is 1. The smallest absolute Gasteiger partial charge is 0.210 e. The Morgan fingerprint density at radius 1 is 1.67 bits per heavy atom. The van der Waals surface area contributed by atoms with E-state index in [9.17, 15) is 0 Å². The van der Waals surface area contributed by atoms with Gasteiger partial charge in [0.2, 0.25) is 5.16 Å². The molecule has 0 unspecified atom stereocenters. The van der Waals surface area contributed by atoms with E-state index in [-0.39, 0.29) is 0 Å². The van der Waals surface area contributed by atoms with Gasteiger partial charge in [0.15, 0.2) is 0 Å². The topological polar surface area (TPSA) is 64.7 Å². The van der Waals surface area contributed by atoms with Gasteiger partial charge in [0.05, 0.1) is 6.20 Å². The maximum absolute atomic E-state index is 5.31. The molecule has 4 nitrogen and oxygen atoms in total. The molecule has 1 rings (SSSR count). The molecule has 2 N–H and O–H groups in total. The molecule has 0 atom stereocenters. The summed E-state index contributed by atoms with van der Waals surface area (Å²) in [5, 5.41) is 7.88. The van der Waals surface area contributed by atoms with Crippen LogP contribution in [0.5, 0.6) is 0 Å². The summed E-state index contributed by atoms with van der Waals surface area (Å²) in [4.78, 5) is 3.86.